The van der Waals surface area contributed by atoms with Gasteiger partial charge >= 0.3 is 5.97 Å². The molecule has 0 aliphatic carbocycles. The highest BCUT2D eigenvalue weighted by Gasteiger charge is 2.16. The average Bonchev–Trinajstić information content (AvgIpc) is 2.67. The maximum absolute atomic E-state index is 13.6. The first-order chi connectivity index (χ1) is 12.7. The van der Waals surface area contributed by atoms with Crippen LogP contribution in [-0.4, -0.2) is 45.9 Å². The lowest BCUT2D eigenvalue weighted by atomic mass is 10.2. The van der Waals surface area contributed by atoms with Crippen molar-refractivity contribution in [1.82, 2.24) is 9.62 Å². The third-order valence-electron chi connectivity index (χ3n) is 3.79. The predicted octanol–water partition coefficient (Wildman–Crippen LogP) is 1.55. The van der Waals surface area contributed by atoms with Gasteiger partial charge in [-0.3, -0.25) is 4.79 Å². The molecule has 0 aliphatic heterocycles. The SMILES string of the molecule is CNS(=O)(=O)c1ccc(C(=O)OCC(=O)N(C)Cc2ccccc2F)cc1. The smallest absolute Gasteiger partial charge is 0.338 e. The first-order valence-electron chi connectivity index (χ1n) is 7.92. The minimum Gasteiger partial charge on any atom is -0.452 e. The standard InChI is InChI=1S/C18H19FN2O5S/c1-20-27(24,25)15-9-7-13(8-10-15)18(23)26-12-17(22)21(2)11-14-5-3-4-6-16(14)19/h3-10,20H,11-12H2,1-2H3. The minimum absolute atomic E-state index is 0.00208. The van der Waals surface area contributed by atoms with Gasteiger partial charge in [0.05, 0.1) is 10.5 Å². The van der Waals surface area contributed by atoms with E-state index in [9.17, 15) is 22.4 Å². The fourth-order valence-electron chi connectivity index (χ4n) is 2.18. The van der Waals surface area contributed by atoms with Crippen molar-refractivity contribution in [3.8, 4) is 0 Å². The van der Waals surface area contributed by atoms with Gasteiger partial charge in [-0.2, -0.15) is 0 Å². The Morgan fingerprint density at radius 2 is 1.74 bits per heavy atom. The molecule has 0 saturated carbocycles. The lowest BCUT2D eigenvalue weighted by molar-refractivity contribution is -0.133. The monoisotopic (exact) mass is 394 g/mol. The molecular weight excluding hydrogens is 375 g/mol. The van der Waals surface area contributed by atoms with E-state index in [1.54, 1.807) is 18.2 Å². The number of carbonyl (C=O) groups excluding carboxylic acids is 2. The van der Waals surface area contributed by atoms with Crippen LogP contribution >= 0.6 is 0 Å². The largest absolute Gasteiger partial charge is 0.452 e. The number of likely N-dealkylation sites (N-methyl/N-ethyl adjacent to an activating group) is 1. The normalized spacial score (nSPS) is 11.1. The van der Waals surface area contributed by atoms with Crippen molar-refractivity contribution < 1.29 is 27.1 Å². The van der Waals surface area contributed by atoms with Crippen LogP contribution in [0.3, 0.4) is 0 Å². The van der Waals surface area contributed by atoms with Crippen LogP contribution in [0.1, 0.15) is 15.9 Å². The number of benzene rings is 2. The quantitative estimate of drug-likeness (QED) is 0.720. The van der Waals surface area contributed by atoms with Gasteiger partial charge in [-0.1, -0.05) is 18.2 Å². The van der Waals surface area contributed by atoms with Crippen molar-refractivity contribution in [2.75, 3.05) is 20.7 Å². The van der Waals surface area contributed by atoms with Crippen LogP contribution in [0.15, 0.2) is 53.4 Å². The lowest BCUT2D eigenvalue weighted by Crippen LogP contribution is -2.31. The molecule has 0 fully saturated rings. The van der Waals surface area contributed by atoms with Crippen LogP contribution in [-0.2, 0) is 26.1 Å². The van der Waals surface area contributed by atoms with Gasteiger partial charge in [0.25, 0.3) is 5.91 Å². The summed E-state index contributed by atoms with van der Waals surface area (Å²) in [5, 5.41) is 0. The summed E-state index contributed by atoms with van der Waals surface area (Å²) in [4.78, 5) is 25.3. The Morgan fingerprint density at radius 3 is 2.33 bits per heavy atom. The number of nitrogens with one attached hydrogen (secondary N) is 1. The van der Waals surface area contributed by atoms with Gasteiger partial charge in [0.2, 0.25) is 10.0 Å². The van der Waals surface area contributed by atoms with Crippen LogP contribution in [0.25, 0.3) is 0 Å². The predicted molar refractivity (Wildman–Crippen MR) is 95.8 cm³/mol. The number of esters is 1. The van der Waals surface area contributed by atoms with E-state index < -0.39 is 34.3 Å². The van der Waals surface area contributed by atoms with Crippen LogP contribution < -0.4 is 4.72 Å². The van der Waals surface area contributed by atoms with Crippen LogP contribution in [0.2, 0.25) is 0 Å². The van der Waals surface area contributed by atoms with Gasteiger partial charge in [0.1, 0.15) is 5.82 Å². The maximum atomic E-state index is 13.6. The number of rotatable bonds is 7. The molecule has 0 spiro atoms. The van der Waals surface area contributed by atoms with Gasteiger partial charge in [0.15, 0.2) is 6.61 Å². The molecule has 0 heterocycles. The van der Waals surface area contributed by atoms with E-state index in [1.165, 1.54) is 49.3 Å². The van der Waals surface area contributed by atoms with E-state index in [-0.39, 0.29) is 17.0 Å². The van der Waals surface area contributed by atoms with Gasteiger partial charge in [0, 0.05) is 19.2 Å². The Kier molecular flexibility index (Phi) is 6.65. The van der Waals surface area contributed by atoms with E-state index in [2.05, 4.69) is 4.72 Å². The number of halogens is 1. The highest BCUT2D eigenvalue weighted by molar-refractivity contribution is 7.89. The zero-order chi connectivity index (χ0) is 20.0. The molecule has 7 nitrogen and oxygen atoms in total. The summed E-state index contributed by atoms with van der Waals surface area (Å²) in [5.41, 5.74) is 0.454. The molecule has 2 aromatic carbocycles. The fraction of sp³-hybridized carbons (Fsp3) is 0.222. The van der Waals surface area contributed by atoms with Crippen molar-refractivity contribution in [2.24, 2.45) is 0 Å². The van der Waals surface area contributed by atoms with Crippen LogP contribution in [0.4, 0.5) is 4.39 Å². The van der Waals surface area contributed by atoms with E-state index in [1.807, 2.05) is 0 Å². The number of sulfonamides is 1. The fourth-order valence-corrected chi connectivity index (χ4v) is 2.91. The molecule has 0 bridgehead atoms. The summed E-state index contributed by atoms with van der Waals surface area (Å²) >= 11 is 0. The molecule has 0 unspecified atom stereocenters. The minimum atomic E-state index is -3.60. The summed E-state index contributed by atoms with van der Waals surface area (Å²) in [5.74, 6) is -1.69. The summed E-state index contributed by atoms with van der Waals surface area (Å²) in [6.45, 7) is -0.472. The van der Waals surface area contributed by atoms with Crippen LogP contribution in [0, 0.1) is 5.82 Å². The molecule has 0 atom stereocenters. The molecule has 1 amide bonds. The average molecular weight is 394 g/mol. The van der Waals surface area contributed by atoms with Gasteiger partial charge in [-0.15, -0.1) is 0 Å². The molecule has 9 heteroatoms. The van der Waals surface area contributed by atoms with Crippen molar-refractivity contribution in [3.05, 3.63) is 65.5 Å². The second kappa shape index (κ2) is 8.74. The Labute approximate surface area is 156 Å². The Hall–Kier alpha value is -2.78. The third kappa shape index (κ3) is 5.35. The molecule has 0 saturated heterocycles. The second-order valence-corrected chi connectivity index (χ2v) is 7.54. The maximum Gasteiger partial charge on any atom is 0.338 e. The topological polar surface area (TPSA) is 92.8 Å². The van der Waals surface area contributed by atoms with E-state index >= 15 is 0 Å². The molecule has 2 aromatic rings. The first kappa shape index (κ1) is 20.5. The van der Waals surface area contributed by atoms with E-state index in [0.29, 0.717) is 5.56 Å². The number of amides is 1. The van der Waals surface area contributed by atoms with Crippen molar-refractivity contribution in [3.63, 3.8) is 0 Å². The Bertz CT molecular complexity index is 929. The van der Waals surface area contributed by atoms with Crippen molar-refractivity contribution in [2.45, 2.75) is 11.4 Å². The van der Waals surface area contributed by atoms with E-state index in [4.69, 9.17) is 4.74 Å². The molecule has 144 valence electrons. The molecule has 1 N–H and O–H groups in total. The lowest BCUT2D eigenvalue weighted by Gasteiger charge is -2.17. The van der Waals surface area contributed by atoms with Crippen LogP contribution in [0.5, 0.6) is 0 Å². The summed E-state index contributed by atoms with van der Waals surface area (Å²) < 4.78 is 44.0. The zero-order valence-electron chi connectivity index (χ0n) is 14.8. The zero-order valence-corrected chi connectivity index (χ0v) is 15.6. The van der Waals surface area contributed by atoms with Gasteiger partial charge in [-0.05, 0) is 37.4 Å². The highest BCUT2D eigenvalue weighted by atomic mass is 32.2. The third-order valence-corrected chi connectivity index (χ3v) is 5.22. The molecule has 27 heavy (non-hydrogen) atoms. The number of hydrogen-bond donors (Lipinski definition) is 1. The van der Waals surface area contributed by atoms with Crippen molar-refractivity contribution in [1.29, 1.82) is 0 Å². The molecule has 2 rings (SSSR count). The van der Waals surface area contributed by atoms with E-state index in [0.717, 1.165) is 0 Å². The van der Waals surface area contributed by atoms with Gasteiger partial charge in [-0.25, -0.2) is 22.3 Å². The second-order valence-electron chi connectivity index (χ2n) is 5.65. The molecule has 0 aliphatic rings. The number of carbonyl (C=O) groups is 2. The Balaban J connectivity index is 1.92. The summed E-state index contributed by atoms with van der Waals surface area (Å²) in [6.07, 6.45) is 0. The number of nitrogens with zero attached hydrogens (tertiary/aromatic N) is 1. The summed E-state index contributed by atoms with van der Waals surface area (Å²) in [7, 11) is -0.854. The molecular formula is C18H19FN2O5S. The number of ether oxygens (including phenoxy) is 1. The first-order valence-corrected chi connectivity index (χ1v) is 9.41. The van der Waals surface area contributed by atoms with Gasteiger partial charge < -0.3 is 9.64 Å². The Morgan fingerprint density at radius 1 is 1.11 bits per heavy atom. The highest BCUT2D eigenvalue weighted by Crippen LogP contribution is 2.12. The number of hydrogen-bond acceptors (Lipinski definition) is 5. The molecule has 0 radical (unpaired) electrons. The molecule has 0 aromatic heterocycles. The summed E-state index contributed by atoms with van der Waals surface area (Å²) in [6, 6.07) is 11.2. The van der Waals surface area contributed by atoms with Crippen molar-refractivity contribution >= 4 is 21.9 Å².